The van der Waals surface area contributed by atoms with Crippen molar-refractivity contribution in [2.24, 2.45) is 0 Å². The molecule has 0 saturated carbocycles. The maximum absolute atomic E-state index is 9.75. The molecule has 1 unspecified atom stereocenters. The van der Waals surface area contributed by atoms with E-state index in [4.69, 9.17) is 0 Å². The highest BCUT2D eigenvalue weighted by Gasteiger charge is 2.27. The van der Waals surface area contributed by atoms with E-state index in [0.29, 0.717) is 0 Å². The van der Waals surface area contributed by atoms with Gasteiger partial charge in [0.2, 0.25) is 0 Å². The predicted molar refractivity (Wildman–Crippen MR) is 53.4 cm³/mol. The summed E-state index contributed by atoms with van der Waals surface area (Å²) in [5, 5.41) is 9.75. The average molecular weight is 258 g/mol. The summed E-state index contributed by atoms with van der Waals surface area (Å²) in [6.07, 6.45) is 3.75. The van der Waals surface area contributed by atoms with Gasteiger partial charge in [-0.15, -0.1) is 0 Å². The van der Waals surface area contributed by atoms with Gasteiger partial charge in [-0.05, 0) is 34.2 Å². The Morgan fingerprint density at radius 3 is 2.73 bits per heavy atom. The second-order valence-electron chi connectivity index (χ2n) is 2.59. The fourth-order valence-corrected chi connectivity index (χ4v) is 1.92. The second-order valence-corrected chi connectivity index (χ2v) is 4.24. The zero-order valence-corrected chi connectivity index (χ0v) is 7.95. The van der Waals surface area contributed by atoms with Gasteiger partial charge in [0.15, 0.2) is 3.61 Å². The number of rotatable bonds is 0. The van der Waals surface area contributed by atoms with Gasteiger partial charge in [-0.25, -0.2) is 0 Å². The lowest BCUT2D eigenvalue weighted by Crippen LogP contribution is -2.09. The van der Waals surface area contributed by atoms with Gasteiger partial charge in [0.1, 0.15) is 0 Å². The third-order valence-electron chi connectivity index (χ3n) is 1.82. The predicted octanol–water partition coefficient (Wildman–Crippen LogP) is 2.29. The molecule has 0 aliphatic heterocycles. The van der Waals surface area contributed by atoms with E-state index in [-0.39, 0.29) is 0 Å². The Hall–Kier alpha value is -0.350. The van der Waals surface area contributed by atoms with Gasteiger partial charge in [0.05, 0.1) is 0 Å². The number of alkyl halides is 1. The Kier molecular flexibility index (Phi) is 1.54. The normalized spacial score (nSPS) is 27.1. The molecule has 0 heterocycles. The Morgan fingerprint density at radius 1 is 1.27 bits per heavy atom. The van der Waals surface area contributed by atoms with Crippen LogP contribution < -0.4 is 0 Å². The SMILES string of the molecule is OC1(I)C=Cc2ccccc21. The summed E-state index contributed by atoms with van der Waals surface area (Å²) in [6, 6.07) is 7.86. The molecule has 2 heteroatoms. The minimum atomic E-state index is -0.783. The Labute approximate surface area is 78.9 Å². The number of hydrogen-bond donors (Lipinski definition) is 1. The van der Waals surface area contributed by atoms with Crippen LogP contribution in [0.15, 0.2) is 30.3 Å². The molecular formula is C9H7IO. The smallest absolute Gasteiger partial charge is 0.160 e. The van der Waals surface area contributed by atoms with Crippen LogP contribution in [0.4, 0.5) is 0 Å². The van der Waals surface area contributed by atoms with E-state index < -0.39 is 3.61 Å². The average Bonchev–Trinajstić information content (AvgIpc) is 2.29. The van der Waals surface area contributed by atoms with Gasteiger partial charge in [0, 0.05) is 5.56 Å². The summed E-state index contributed by atoms with van der Waals surface area (Å²) in [5.41, 5.74) is 2.10. The van der Waals surface area contributed by atoms with Crippen LogP contribution >= 0.6 is 22.6 Å². The first kappa shape index (κ1) is 7.31. The van der Waals surface area contributed by atoms with E-state index in [2.05, 4.69) is 0 Å². The number of aliphatic hydroxyl groups is 1. The van der Waals surface area contributed by atoms with Crippen molar-refractivity contribution in [1.82, 2.24) is 0 Å². The van der Waals surface area contributed by atoms with Crippen LogP contribution in [-0.4, -0.2) is 5.11 Å². The molecule has 1 aromatic rings. The maximum atomic E-state index is 9.75. The monoisotopic (exact) mass is 258 g/mol. The van der Waals surface area contributed by atoms with Gasteiger partial charge in [-0.2, -0.15) is 0 Å². The van der Waals surface area contributed by atoms with Crippen LogP contribution in [0.2, 0.25) is 0 Å². The first-order valence-electron chi connectivity index (χ1n) is 3.40. The number of fused-ring (bicyclic) bond motifs is 1. The minimum Gasteiger partial charge on any atom is -0.372 e. The summed E-state index contributed by atoms with van der Waals surface area (Å²) >= 11 is 2.03. The van der Waals surface area contributed by atoms with E-state index in [1.54, 1.807) is 6.08 Å². The van der Waals surface area contributed by atoms with Crippen LogP contribution in [0, 0.1) is 0 Å². The minimum absolute atomic E-state index is 0.783. The molecule has 2 rings (SSSR count). The van der Waals surface area contributed by atoms with Gasteiger partial charge in [0.25, 0.3) is 0 Å². The third-order valence-corrected chi connectivity index (χ3v) is 2.76. The molecule has 1 N–H and O–H groups in total. The van der Waals surface area contributed by atoms with E-state index in [1.165, 1.54) is 0 Å². The zero-order valence-electron chi connectivity index (χ0n) is 5.79. The first-order chi connectivity index (χ1) is 5.20. The molecule has 11 heavy (non-hydrogen) atoms. The summed E-state index contributed by atoms with van der Waals surface area (Å²) < 4.78 is -0.783. The van der Waals surface area contributed by atoms with Crippen molar-refractivity contribution in [2.45, 2.75) is 3.61 Å². The van der Waals surface area contributed by atoms with Gasteiger partial charge in [-0.3, -0.25) is 0 Å². The van der Waals surface area contributed by atoms with Crippen molar-refractivity contribution in [2.75, 3.05) is 0 Å². The van der Waals surface area contributed by atoms with E-state index >= 15 is 0 Å². The van der Waals surface area contributed by atoms with Crippen LogP contribution in [0.25, 0.3) is 6.08 Å². The van der Waals surface area contributed by atoms with Crippen LogP contribution in [0.1, 0.15) is 11.1 Å². The maximum Gasteiger partial charge on any atom is 0.160 e. The van der Waals surface area contributed by atoms with Gasteiger partial charge < -0.3 is 5.11 Å². The standard InChI is InChI=1S/C9H7IO/c10-9(11)6-5-7-3-1-2-4-8(7)9/h1-6,11H. The quantitative estimate of drug-likeness (QED) is 0.559. The van der Waals surface area contributed by atoms with Crippen molar-refractivity contribution < 1.29 is 5.11 Å². The molecule has 1 aliphatic carbocycles. The molecule has 0 amide bonds. The molecule has 0 bridgehead atoms. The van der Waals surface area contributed by atoms with Crippen molar-refractivity contribution >= 4 is 28.7 Å². The number of hydrogen-bond acceptors (Lipinski definition) is 1. The zero-order chi connectivity index (χ0) is 7.90. The molecule has 0 spiro atoms. The van der Waals surface area contributed by atoms with E-state index in [1.807, 2.05) is 52.9 Å². The van der Waals surface area contributed by atoms with Crippen molar-refractivity contribution in [3.63, 3.8) is 0 Å². The van der Waals surface area contributed by atoms with Crippen molar-refractivity contribution in [3.8, 4) is 0 Å². The summed E-state index contributed by atoms with van der Waals surface area (Å²) in [4.78, 5) is 0. The molecule has 0 fully saturated rings. The lowest BCUT2D eigenvalue weighted by molar-refractivity contribution is 0.212. The molecule has 0 saturated heterocycles. The third kappa shape index (κ3) is 1.10. The highest BCUT2D eigenvalue weighted by Crippen LogP contribution is 2.38. The van der Waals surface area contributed by atoms with Crippen LogP contribution in [-0.2, 0) is 3.61 Å². The van der Waals surface area contributed by atoms with Crippen molar-refractivity contribution in [3.05, 3.63) is 41.5 Å². The van der Waals surface area contributed by atoms with E-state index in [9.17, 15) is 5.11 Å². The fraction of sp³-hybridized carbons (Fsp3) is 0.111. The lowest BCUT2D eigenvalue weighted by atomic mass is 10.1. The molecular weight excluding hydrogens is 251 g/mol. The summed E-state index contributed by atoms with van der Waals surface area (Å²) in [5.74, 6) is 0. The van der Waals surface area contributed by atoms with Crippen molar-refractivity contribution in [1.29, 1.82) is 0 Å². The molecule has 1 aliphatic rings. The fourth-order valence-electron chi connectivity index (χ4n) is 1.25. The van der Waals surface area contributed by atoms with Gasteiger partial charge >= 0.3 is 0 Å². The highest BCUT2D eigenvalue weighted by molar-refractivity contribution is 14.1. The topological polar surface area (TPSA) is 20.2 Å². The molecule has 0 aromatic heterocycles. The lowest BCUT2D eigenvalue weighted by Gasteiger charge is -2.13. The summed E-state index contributed by atoms with van der Waals surface area (Å²) in [7, 11) is 0. The highest BCUT2D eigenvalue weighted by atomic mass is 127. The summed E-state index contributed by atoms with van der Waals surface area (Å²) in [6.45, 7) is 0. The number of benzene rings is 1. The Morgan fingerprint density at radius 2 is 2.00 bits per heavy atom. The largest absolute Gasteiger partial charge is 0.372 e. The van der Waals surface area contributed by atoms with Gasteiger partial charge in [-0.1, -0.05) is 30.3 Å². The molecule has 56 valence electrons. The molecule has 1 atom stereocenters. The second kappa shape index (κ2) is 2.32. The Balaban J connectivity index is 2.64. The van der Waals surface area contributed by atoms with Crippen LogP contribution in [0.5, 0.6) is 0 Å². The van der Waals surface area contributed by atoms with Crippen LogP contribution in [0.3, 0.4) is 0 Å². The molecule has 1 aromatic carbocycles. The van der Waals surface area contributed by atoms with E-state index in [0.717, 1.165) is 11.1 Å². The molecule has 0 radical (unpaired) electrons. The number of halogens is 1. The molecule has 1 nitrogen and oxygen atoms in total. The first-order valence-corrected chi connectivity index (χ1v) is 4.48. The Bertz CT molecular complexity index is 315.